The summed E-state index contributed by atoms with van der Waals surface area (Å²) in [6.07, 6.45) is 11.4. The molecule has 1 aromatic heterocycles. The number of rotatable bonds is 6. The van der Waals surface area contributed by atoms with Gasteiger partial charge < -0.3 is 14.5 Å². The maximum Gasteiger partial charge on any atom is 0.255 e. The third-order valence-electron chi connectivity index (χ3n) is 5.30. The summed E-state index contributed by atoms with van der Waals surface area (Å²) in [6.45, 7) is 5.80. The quantitative estimate of drug-likeness (QED) is 0.791. The van der Waals surface area contributed by atoms with E-state index in [0.29, 0.717) is 5.56 Å². The van der Waals surface area contributed by atoms with E-state index in [1.54, 1.807) is 18.5 Å². The molecule has 138 valence electrons. The summed E-state index contributed by atoms with van der Waals surface area (Å²) in [5.41, 5.74) is 0.635. The Bertz CT molecular complexity index is 511. The van der Waals surface area contributed by atoms with Gasteiger partial charge in [0.05, 0.1) is 18.0 Å². The van der Waals surface area contributed by atoms with Gasteiger partial charge in [-0.2, -0.15) is 10.2 Å². The first-order chi connectivity index (χ1) is 12.3. The molecule has 6 heteroatoms. The van der Waals surface area contributed by atoms with Crippen molar-refractivity contribution >= 4 is 5.91 Å². The minimum absolute atomic E-state index is 0.0812. The van der Waals surface area contributed by atoms with Crippen LogP contribution in [0.15, 0.2) is 18.5 Å². The number of nitrogens with zero attached hydrogens (tertiary/aromatic N) is 4. The molecule has 0 N–H and O–H groups in total. The van der Waals surface area contributed by atoms with E-state index in [-0.39, 0.29) is 11.9 Å². The average Bonchev–Trinajstić information content (AvgIpc) is 2.95. The normalized spacial score (nSPS) is 20.2. The van der Waals surface area contributed by atoms with Gasteiger partial charge in [-0.3, -0.25) is 4.79 Å². The molecule has 0 unspecified atom stereocenters. The first-order valence-electron chi connectivity index (χ1n) is 9.72. The molecule has 2 aliphatic rings. The highest BCUT2D eigenvalue weighted by molar-refractivity contribution is 5.94. The predicted molar refractivity (Wildman–Crippen MR) is 96.4 cm³/mol. The Morgan fingerprint density at radius 2 is 1.92 bits per heavy atom. The highest BCUT2D eigenvalue weighted by Gasteiger charge is 2.26. The summed E-state index contributed by atoms with van der Waals surface area (Å²) in [6, 6.07) is 2.04. The molecule has 3 heterocycles. The van der Waals surface area contributed by atoms with Gasteiger partial charge in [0.15, 0.2) is 0 Å². The van der Waals surface area contributed by atoms with Crippen molar-refractivity contribution in [2.24, 2.45) is 0 Å². The van der Waals surface area contributed by atoms with Crippen LogP contribution in [-0.2, 0) is 4.74 Å². The molecule has 0 spiro atoms. The van der Waals surface area contributed by atoms with E-state index >= 15 is 0 Å². The second-order valence-corrected chi connectivity index (χ2v) is 7.08. The number of likely N-dealkylation sites (tertiary alicyclic amines) is 1. The Morgan fingerprint density at radius 3 is 2.60 bits per heavy atom. The van der Waals surface area contributed by atoms with Crippen LogP contribution in [0.25, 0.3) is 0 Å². The van der Waals surface area contributed by atoms with Crippen LogP contribution in [0, 0.1) is 0 Å². The van der Waals surface area contributed by atoms with Crippen LogP contribution in [0.3, 0.4) is 0 Å². The molecule has 0 aromatic carbocycles. The third kappa shape index (κ3) is 5.47. The van der Waals surface area contributed by atoms with E-state index in [1.165, 1.54) is 38.8 Å². The standard InChI is InChI=1S/C19H30N4O2/c24-19(17-6-9-20-21-16-17)23(18-7-14-25-15-8-18)13-5-12-22-10-3-1-2-4-11-22/h6,9,16,18H,1-5,7-8,10-15H2. The fraction of sp³-hybridized carbons (Fsp3) is 0.737. The molecule has 0 radical (unpaired) electrons. The van der Waals surface area contributed by atoms with E-state index in [2.05, 4.69) is 20.0 Å². The topological polar surface area (TPSA) is 58.6 Å². The highest BCUT2D eigenvalue weighted by Crippen LogP contribution is 2.18. The number of hydrogen-bond donors (Lipinski definition) is 0. The van der Waals surface area contributed by atoms with Gasteiger partial charge in [0, 0.05) is 25.8 Å². The van der Waals surface area contributed by atoms with E-state index in [4.69, 9.17) is 4.74 Å². The molecular weight excluding hydrogens is 316 g/mol. The Balaban J connectivity index is 1.58. The maximum atomic E-state index is 13.0. The van der Waals surface area contributed by atoms with Crippen molar-refractivity contribution in [2.75, 3.05) is 39.4 Å². The second kappa shape index (κ2) is 9.82. The lowest BCUT2D eigenvalue weighted by Gasteiger charge is -2.35. The van der Waals surface area contributed by atoms with Gasteiger partial charge in [0.2, 0.25) is 0 Å². The van der Waals surface area contributed by atoms with Crippen molar-refractivity contribution in [3.05, 3.63) is 24.0 Å². The Labute approximate surface area is 150 Å². The summed E-state index contributed by atoms with van der Waals surface area (Å²) in [5.74, 6) is 0.0812. The van der Waals surface area contributed by atoms with E-state index in [1.807, 2.05) is 0 Å². The summed E-state index contributed by atoms with van der Waals surface area (Å²) < 4.78 is 5.48. The number of hydrogen-bond acceptors (Lipinski definition) is 5. The zero-order chi connectivity index (χ0) is 17.3. The summed E-state index contributed by atoms with van der Waals surface area (Å²) in [5, 5.41) is 7.65. The minimum atomic E-state index is 0.0812. The lowest BCUT2D eigenvalue weighted by Crippen LogP contribution is -2.44. The predicted octanol–water partition coefficient (Wildman–Crippen LogP) is 2.36. The molecule has 1 aromatic rings. The van der Waals surface area contributed by atoms with Gasteiger partial charge in [-0.25, -0.2) is 0 Å². The summed E-state index contributed by atoms with van der Waals surface area (Å²) in [7, 11) is 0. The van der Waals surface area contributed by atoms with Crippen molar-refractivity contribution in [3.63, 3.8) is 0 Å². The summed E-state index contributed by atoms with van der Waals surface area (Å²) >= 11 is 0. The number of carbonyl (C=O) groups is 1. The van der Waals surface area contributed by atoms with Crippen molar-refractivity contribution in [1.82, 2.24) is 20.0 Å². The Morgan fingerprint density at radius 1 is 1.16 bits per heavy atom. The largest absolute Gasteiger partial charge is 0.381 e. The van der Waals surface area contributed by atoms with E-state index < -0.39 is 0 Å². The van der Waals surface area contributed by atoms with Gasteiger partial charge in [0.1, 0.15) is 0 Å². The third-order valence-corrected chi connectivity index (χ3v) is 5.30. The fourth-order valence-corrected chi connectivity index (χ4v) is 3.85. The SMILES string of the molecule is O=C(c1ccnnc1)N(CCCN1CCCCCC1)C1CCOCC1. The number of ether oxygens (including phenoxy) is 1. The molecule has 25 heavy (non-hydrogen) atoms. The zero-order valence-corrected chi connectivity index (χ0v) is 15.1. The van der Waals surface area contributed by atoms with E-state index in [0.717, 1.165) is 45.6 Å². The van der Waals surface area contributed by atoms with E-state index in [9.17, 15) is 4.79 Å². The second-order valence-electron chi connectivity index (χ2n) is 7.08. The first-order valence-corrected chi connectivity index (χ1v) is 9.72. The molecule has 2 fully saturated rings. The van der Waals surface area contributed by atoms with Gasteiger partial charge in [-0.05, 0) is 57.8 Å². The van der Waals surface area contributed by atoms with Crippen molar-refractivity contribution in [1.29, 1.82) is 0 Å². The van der Waals surface area contributed by atoms with Crippen LogP contribution >= 0.6 is 0 Å². The van der Waals surface area contributed by atoms with Gasteiger partial charge in [0.25, 0.3) is 5.91 Å². The molecule has 1 amide bonds. The molecule has 2 aliphatic heterocycles. The maximum absolute atomic E-state index is 13.0. The van der Waals surface area contributed by atoms with Gasteiger partial charge in [-0.15, -0.1) is 0 Å². The molecule has 6 nitrogen and oxygen atoms in total. The Kier molecular flexibility index (Phi) is 7.18. The Hall–Kier alpha value is -1.53. The summed E-state index contributed by atoms with van der Waals surface area (Å²) in [4.78, 5) is 17.6. The number of amides is 1. The smallest absolute Gasteiger partial charge is 0.255 e. The minimum Gasteiger partial charge on any atom is -0.381 e. The lowest BCUT2D eigenvalue weighted by atomic mass is 10.1. The molecule has 0 saturated carbocycles. The van der Waals surface area contributed by atoms with Crippen LogP contribution in [-0.4, -0.2) is 71.3 Å². The van der Waals surface area contributed by atoms with Gasteiger partial charge >= 0.3 is 0 Å². The van der Waals surface area contributed by atoms with Crippen molar-refractivity contribution in [3.8, 4) is 0 Å². The first kappa shape index (κ1) is 18.3. The molecule has 0 aliphatic carbocycles. The van der Waals surface area contributed by atoms with Crippen LogP contribution in [0.1, 0.15) is 55.3 Å². The van der Waals surface area contributed by atoms with Crippen LogP contribution in [0.4, 0.5) is 0 Å². The van der Waals surface area contributed by atoms with Crippen LogP contribution in [0.2, 0.25) is 0 Å². The monoisotopic (exact) mass is 346 g/mol. The van der Waals surface area contributed by atoms with Gasteiger partial charge in [-0.1, -0.05) is 12.8 Å². The van der Waals surface area contributed by atoms with Crippen LogP contribution < -0.4 is 0 Å². The zero-order valence-electron chi connectivity index (χ0n) is 15.1. The van der Waals surface area contributed by atoms with Crippen LogP contribution in [0.5, 0.6) is 0 Å². The molecule has 3 rings (SSSR count). The fourth-order valence-electron chi connectivity index (χ4n) is 3.85. The average molecular weight is 346 g/mol. The lowest BCUT2D eigenvalue weighted by molar-refractivity contribution is 0.0280. The van der Waals surface area contributed by atoms with Crippen molar-refractivity contribution in [2.45, 2.75) is 51.0 Å². The highest BCUT2D eigenvalue weighted by atomic mass is 16.5. The molecule has 2 saturated heterocycles. The number of aromatic nitrogens is 2. The number of carbonyl (C=O) groups excluding carboxylic acids is 1. The molecule has 0 bridgehead atoms. The molecular formula is C19H30N4O2. The van der Waals surface area contributed by atoms with Crippen molar-refractivity contribution < 1.29 is 9.53 Å². The molecule has 0 atom stereocenters.